The number of carbonyl (C=O) groups excluding carboxylic acids is 3. The van der Waals surface area contributed by atoms with Gasteiger partial charge in [0.25, 0.3) is 11.8 Å². The molecule has 2 N–H and O–H groups in total. The Balaban J connectivity index is 1.59. The summed E-state index contributed by atoms with van der Waals surface area (Å²) in [7, 11) is 0. The molecule has 0 spiro atoms. The molecule has 0 saturated carbocycles. The molecule has 7 nitrogen and oxygen atoms in total. The van der Waals surface area contributed by atoms with Crippen LogP contribution in [0.1, 0.15) is 23.2 Å². The molecule has 9 heteroatoms. The monoisotopic (exact) mass is 434 g/mol. The molecule has 0 unspecified atom stereocenters. The van der Waals surface area contributed by atoms with E-state index >= 15 is 0 Å². The Morgan fingerprint density at radius 1 is 1.14 bits per heavy atom. The Morgan fingerprint density at radius 3 is 2.41 bits per heavy atom. The number of nitrogens with zero attached hydrogens (tertiary/aromatic N) is 2. The van der Waals surface area contributed by atoms with Gasteiger partial charge in [0.1, 0.15) is 5.71 Å². The minimum Gasteiger partial charge on any atom is -0.348 e. The minimum atomic E-state index is -0.509. The van der Waals surface area contributed by atoms with Gasteiger partial charge in [-0.2, -0.15) is 0 Å². The molecule has 1 saturated heterocycles. The third-order valence-electron chi connectivity index (χ3n) is 4.77. The molecule has 2 aliphatic rings. The first kappa shape index (κ1) is 21.1. The normalized spacial score (nSPS) is 16.7. The molecule has 1 fully saturated rings. The Labute approximate surface area is 178 Å². The van der Waals surface area contributed by atoms with E-state index in [2.05, 4.69) is 22.2 Å². The van der Waals surface area contributed by atoms with Gasteiger partial charge in [-0.3, -0.25) is 19.4 Å². The topological polar surface area (TPSA) is 90.9 Å². The van der Waals surface area contributed by atoms with Crippen molar-refractivity contribution >= 4 is 46.6 Å². The van der Waals surface area contributed by atoms with Crippen molar-refractivity contribution in [2.45, 2.75) is 18.9 Å². The summed E-state index contributed by atoms with van der Waals surface area (Å²) in [6.45, 7) is 4.88. The van der Waals surface area contributed by atoms with Crippen molar-refractivity contribution in [3.63, 3.8) is 0 Å². The highest BCUT2D eigenvalue weighted by Gasteiger charge is 2.27. The molecule has 0 atom stereocenters. The summed E-state index contributed by atoms with van der Waals surface area (Å²) in [5.74, 6) is -0.987. The van der Waals surface area contributed by atoms with Crippen molar-refractivity contribution < 1.29 is 14.4 Å². The zero-order valence-electron chi connectivity index (χ0n) is 15.6. The Kier molecular flexibility index (Phi) is 6.71. The molecule has 3 rings (SSSR count). The van der Waals surface area contributed by atoms with Crippen LogP contribution in [0.4, 0.5) is 0 Å². The van der Waals surface area contributed by atoms with Crippen LogP contribution in [0, 0.1) is 0 Å². The standard InChI is InChI=1S/C20H20Cl2N4O3/c1-2-16(27)26-10-7-12(8-11-26)24-20(29)18-15(6-9-23-18)25-19(28)17-13(21)4-3-5-14(17)22/h2-6,12H,1,7-11H2,(H,24,29)(H,25,28). The van der Waals surface area contributed by atoms with E-state index in [0.29, 0.717) is 38.2 Å². The number of amides is 3. The van der Waals surface area contributed by atoms with Crippen LogP contribution in [0.15, 0.2) is 47.6 Å². The molecular weight excluding hydrogens is 415 g/mol. The zero-order chi connectivity index (χ0) is 21.0. The summed E-state index contributed by atoms with van der Waals surface area (Å²) in [6.07, 6.45) is 4.22. The number of benzene rings is 1. The van der Waals surface area contributed by atoms with Gasteiger partial charge in [-0.15, -0.1) is 0 Å². The summed E-state index contributed by atoms with van der Waals surface area (Å²) >= 11 is 12.1. The fourth-order valence-electron chi connectivity index (χ4n) is 3.24. The number of likely N-dealkylation sites (tertiary alicyclic amines) is 1. The van der Waals surface area contributed by atoms with Gasteiger partial charge < -0.3 is 15.5 Å². The van der Waals surface area contributed by atoms with Gasteiger partial charge in [-0.1, -0.05) is 35.8 Å². The van der Waals surface area contributed by atoms with Gasteiger partial charge in [0.05, 0.1) is 27.9 Å². The van der Waals surface area contributed by atoms with E-state index in [1.807, 2.05) is 0 Å². The molecule has 0 bridgehead atoms. The predicted octanol–water partition coefficient (Wildman–Crippen LogP) is 2.35. The number of hydrogen-bond acceptors (Lipinski definition) is 4. The average Bonchev–Trinajstić information content (AvgIpc) is 3.16. The highest BCUT2D eigenvalue weighted by atomic mass is 35.5. The molecule has 152 valence electrons. The second-order valence-electron chi connectivity index (χ2n) is 6.64. The summed E-state index contributed by atoms with van der Waals surface area (Å²) in [5, 5.41) is 6.04. The van der Waals surface area contributed by atoms with Gasteiger partial charge in [-0.05, 0) is 37.1 Å². The number of rotatable bonds is 5. The molecule has 3 amide bonds. The highest BCUT2D eigenvalue weighted by molar-refractivity contribution is 6.46. The predicted molar refractivity (Wildman–Crippen MR) is 112 cm³/mol. The Bertz CT molecular complexity index is 898. The third kappa shape index (κ3) is 4.86. The molecule has 1 aromatic rings. The van der Waals surface area contributed by atoms with E-state index < -0.39 is 5.91 Å². The SMILES string of the molecule is C=CC(=O)N1CCC(NC(=O)C2=NCC=C2NC(=O)c2c(Cl)cccc2Cl)CC1. The van der Waals surface area contributed by atoms with Crippen molar-refractivity contribution in [2.75, 3.05) is 19.6 Å². The average molecular weight is 435 g/mol. The van der Waals surface area contributed by atoms with Crippen LogP contribution in [0.3, 0.4) is 0 Å². The molecule has 2 heterocycles. The van der Waals surface area contributed by atoms with Crippen LogP contribution in [-0.4, -0.2) is 54.0 Å². The molecule has 0 aromatic heterocycles. The smallest absolute Gasteiger partial charge is 0.271 e. The van der Waals surface area contributed by atoms with E-state index in [0.717, 1.165) is 0 Å². The summed E-state index contributed by atoms with van der Waals surface area (Å²) in [6, 6.07) is 4.70. The molecule has 29 heavy (non-hydrogen) atoms. The molecule has 2 aliphatic heterocycles. The van der Waals surface area contributed by atoms with Crippen LogP contribution >= 0.6 is 23.2 Å². The van der Waals surface area contributed by atoms with Gasteiger partial charge >= 0.3 is 0 Å². The number of halogens is 2. The summed E-state index contributed by atoms with van der Waals surface area (Å²) < 4.78 is 0. The fraction of sp³-hybridized carbons (Fsp3) is 0.300. The first-order valence-electron chi connectivity index (χ1n) is 9.13. The number of hydrogen-bond donors (Lipinski definition) is 2. The largest absolute Gasteiger partial charge is 0.348 e. The quantitative estimate of drug-likeness (QED) is 0.696. The van der Waals surface area contributed by atoms with Crippen LogP contribution in [-0.2, 0) is 9.59 Å². The lowest BCUT2D eigenvalue weighted by Crippen LogP contribution is -2.48. The van der Waals surface area contributed by atoms with Crippen LogP contribution in [0.2, 0.25) is 10.0 Å². The van der Waals surface area contributed by atoms with E-state index in [1.165, 1.54) is 6.08 Å². The lowest BCUT2D eigenvalue weighted by atomic mass is 10.0. The lowest BCUT2D eigenvalue weighted by molar-refractivity contribution is -0.127. The van der Waals surface area contributed by atoms with Gasteiger partial charge in [0.15, 0.2) is 0 Å². The molecule has 1 aromatic carbocycles. The number of piperidine rings is 1. The van der Waals surface area contributed by atoms with Crippen molar-refractivity contribution in [1.82, 2.24) is 15.5 Å². The maximum Gasteiger partial charge on any atom is 0.271 e. The number of nitrogens with one attached hydrogen (secondary N) is 2. The summed E-state index contributed by atoms with van der Waals surface area (Å²) in [5.41, 5.74) is 0.622. The van der Waals surface area contributed by atoms with E-state index in [4.69, 9.17) is 23.2 Å². The van der Waals surface area contributed by atoms with E-state index in [1.54, 1.807) is 29.2 Å². The highest BCUT2D eigenvalue weighted by Crippen LogP contribution is 2.24. The van der Waals surface area contributed by atoms with Crippen molar-refractivity contribution in [2.24, 2.45) is 4.99 Å². The number of carbonyl (C=O) groups is 3. The zero-order valence-corrected chi connectivity index (χ0v) is 17.1. The van der Waals surface area contributed by atoms with E-state index in [9.17, 15) is 14.4 Å². The first-order chi connectivity index (χ1) is 13.9. The van der Waals surface area contributed by atoms with Gasteiger partial charge in [0.2, 0.25) is 5.91 Å². The van der Waals surface area contributed by atoms with E-state index in [-0.39, 0.29) is 39.2 Å². The minimum absolute atomic E-state index is 0.0744. The second kappa shape index (κ2) is 9.24. The summed E-state index contributed by atoms with van der Waals surface area (Å²) in [4.78, 5) is 42.8. The maximum atomic E-state index is 12.7. The Hall–Kier alpha value is -2.64. The van der Waals surface area contributed by atoms with Gasteiger partial charge in [-0.25, -0.2) is 0 Å². The fourth-order valence-corrected chi connectivity index (χ4v) is 3.81. The van der Waals surface area contributed by atoms with Crippen LogP contribution in [0.25, 0.3) is 0 Å². The van der Waals surface area contributed by atoms with Crippen molar-refractivity contribution in [1.29, 1.82) is 0 Å². The third-order valence-corrected chi connectivity index (χ3v) is 5.40. The molecule has 0 aliphatic carbocycles. The van der Waals surface area contributed by atoms with Crippen molar-refractivity contribution in [3.05, 3.63) is 58.2 Å². The Morgan fingerprint density at radius 2 is 1.79 bits per heavy atom. The first-order valence-corrected chi connectivity index (χ1v) is 9.89. The second-order valence-corrected chi connectivity index (χ2v) is 7.45. The van der Waals surface area contributed by atoms with Crippen LogP contribution < -0.4 is 10.6 Å². The van der Waals surface area contributed by atoms with Gasteiger partial charge in [0, 0.05) is 19.1 Å². The number of aliphatic imine (C=N–C) groups is 1. The molecular formula is C20H20Cl2N4O3. The van der Waals surface area contributed by atoms with Crippen LogP contribution in [0.5, 0.6) is 0 Å². The molecule has 0 radical (unpaired) electrons. The maximum absolute atomic E-state index is 12.7. The van der Waals surface area contributed by atoms with Crippen molar-refractivity contribution in [3.8, 4) is 0 Å². The lowest BCUT2D eigenvalue weighted by Gasteiger charge is -2.31.